The number of fused-ring (bicyclic) bond motifs is 1. The number of halogens is 4. The van der Waals surface area contributed by atoms with Crippen LogP contribution in [-0.2, 0) is 34.4 Å². The number of azo groups is 2. The number of anilines is 3. The lowest BCUT2D eigenvalue weighted by atomic mass is 10.0. The minimum absolute atomic E-state index is 0.0363. The van der Waals surface area contributed by atoms with E-state index in [9.17, 15) is 26.4 Å². The molecule has 0 radical (unpaired) electrons. The first-order valence-corrected chi connectivity index (χ1v) is 23.4. The van der Waals surface area contributed by atoms with Crippen molar-refractivity contribution in [2.24, 2.45) is 20.5 Å². The second-order valence-electron chi connectivity index (χ2n) is 13.4. The molecule has 0 spiro atoms. The van der Waals surface area contributed by atoms with E-state index in [2.05, 4.69) is 60.5 Å². The summed E-state index contributed by atoms with van der Waals surface area (Å²) < 4.78 is 63.0. The summed E-state index contributed by atoms with van der Waals surface area (Å²) in [4.78, 5) is 47.8. The van der Waals surface area contributed by atoms with Gasteiger partial charge in [0.05, 0.1) is 32.5 Å². The van der Waals surface area contributed by atoms with E-state index < -0.39 is 41.6 Å². The van der Waals surface area contributed by atoms with E-state index in [0.29, 0.717) is 29.4 Å². The summed E-state index contributed by atoms with van der Waals surface area (Å²) >= 11 is 23.4. The molecule has 2 aromatic heterocycles. The zero-order chi connectivity index (χ0) is 48.3. The number of carbonyl (C=O) groups excluding carboxylic acids is 3. The van der Waals surface area contributed by atoms with Crippen LogP contribution in [0.1, 0.15) is 23.0 Å². The monoisotopic (exact) mass is 1020 g/mol. The van der Waals surface area contributed by atoms with E-state index in [-0.39, 0.29) is 66.4 Å². The fourth-order valence-electron chi connectivity index (χ4n) is 5.66. The highest BCUT2D eigenvalue weighted by Crippen LogP contribution is 2.46. The van der Waals surface area contributed by atoms with Crippen LogP contribution >= 0.6 is 46.4 Å². The van der Waals surface area contributed by atoms with Gasteiger partial charge in [0.1, 0.15) is 29.0 Å². The lowest BCUT2D eigenvalue weighted by Crippen LogP contribution is -2.19. The first-order valence-electron chi connectivity index (χ1n) is 18.7. The average molecular weight is 1020 g/mol. The molecule has 26 heteroatoms. The van der Waals surface area contributed by atoms with Crippen molar-refractivity contribution in [1.29, 1.82) is 0 Å². The van der Waals surface area contributed by atoms with Crippen LogP contribution in [0.15, 0.2) is 115 Å². The molecule has 0 aliphatic carbocycles. The highest BCUT2D eigenvalue weighted by molar-refractivity contribution is 7.93. The number of aromatic nitrogens is 4. The predicted molar refractivity (Wildman–Crippen MR) is 250 cm³/mol. The molecule has 2 heterocycles. The first-order chi connectivity index (χ1) is 31.2. The van der Waals surface area contributed by atoms with Crippen LogP contribution in [0.25, 0.3) is 10.8 Å². The van der Waals surface area contributed by atoms with Gasteiger partial charge in [-0.1, -0.05) is 58.5 Å². The molecule has 6 aromatic rings. The molecule has 66 heavy (non-hydrogen) atoms. The van der Waals surface area contributed by atoms with Gasteiger partial charge in [-0.15, -0.1) is 10.2 Å². The zero-order valence-electron chi connectivity index (χ0n) is 35.0. The SMILES string of the molecule is CNC=O.Cc1cc(NS(=O)(=O)c2ccc(N=Nc3cc(N=Nc4ccc(S(=O)(=O)Nc5cc(C)nc(C)n5)cc4)c4c(NC(=O)C(Cl)Cl)cccc4c3OC(=O)C(Cl)Cl)cc2)nc(C)n1. The second-order valence-corrected chi connectivity index (χ2v) is 18.9. The molecule has 0 aliphatic rings. The Balaban J connectivity index is 0.00000196. The number of aryl methyl sites for hydroxylation is 4. The average Bonchev–Trinajstić information content (AvgIpc) is 3.24. The summed E-state index contributed by atoms with van der Waals surface area (Å²) in [6.45, 7) is 6.68. The second kappa shape index (κ2) is 22.2. The van der Waals surface area contributed by atoms with Gasteiger partial charge in [-0.05, 0) is 88.4 Å². The van der Waals surface area contributed by atoms with E-state index >= 15 is 0 Å². The van der Waals surface area contributed by atoms with Gasteiger partial charge < -0.3 is 15.4 Å². The van der Waals surface area contributed by atoms with E-state index in [1.54, 1.807) is 34.7 Å². The highest BCUT2D eigenvalue weighted by Gasteiger charge is 2.24. The summed E-state index contributed by atoms with van der Waals surface area (Å²) in [5, 5.41) is 22.4. The molecular formula is C40H36Cl4N12O8S2. The Morgan fingerprint density at radius 3 is 1.55 bits per heavy atom. The molecular weight excluding hydrogens is 982 g/mol. The highest BCUT2D eigenvalue weighted by atomic mass is 35.5. The van der Waals surface area contributed by atoms with E-state index in [1.165, 1.54) is 84.9 Å². The fourth-order valence-corrected chi connectivity index (χ4v) is 7.84. The number of ether oxygens (including phenoxy) is 1. The number of nitrogens with zero attached hydrogens (tertiary/aromatic N) is 8. The molecule has 0 atom stereocenters. The minimum atomic E-state index is -4.06. The molecule has 4 N–H and O–H groups in total. The summed E-state index contributed by atoms with van der Waals surface area (Å²) in [5.74, 6) is -1.13. The van der Waals surface area contributed by atoms with Crippen LogP contribution in [0.5, 0.6) is 5.75 Å². The molecule has 20 nitrogen and oxygen atoms in total. The number of sulfonamides is 2. The van der Waals surface area contributed by atoms with Crippen LogP contribution < -0.4 is 24.8 Å². The maximum absolute atomic E-state index is 13.2. The number of alkyl halides is 4. The van der Waals surface area contributed by atoms with E-state index in [1.807, 2.05) is 0 Å². The van der Waals surface area contributed by atoms with Gasteiger partial charge in [0.25, 0.3) is 26.0 Å². The Labute approximate surface area is 397 Å². The molecule has 0 unspecified atom stereocenters. The third-order valence-electron chi connectivity index (χ3n) is 8.28. The number of benzene rings is 4. The number of esters is 1. The third-order valence-corrected chi connectivity index (χ3v) is 11.8. The molecule has 0 aliphatic heterocycles. The normalized spacial score (nSPS) is 11.7. The van der Waals surface area contributed by atoms with Crippen molar-refractivity contribution in [3.05, 3.63) is 108 Å². The van der Waals surface area contributed by atoms with Crippen molar-refractivity contribution < 1.29 is 36.0 Å². The van der Waals surface area contributed by atoms with Crippen LogP contribution in [0.2, 0.25) is 0 Å². The van der Waals surface area contributed by atoms with Crippen molar-refractivity contribution in [3.8, 4) is 5.75 Å². The molecule has 6 rings (SSSR count). The van der Waals surface area contributed by atoms with Crippen molar-refractivity contribution in [2.45, 2.75) is 47.2 Å². The van der Waals surface area contributed by atoms with E-state index in [0.717, 1.165) is 0 Å². The van der Waals surface area contributed by atoms with Crippen LogP contribution in [0.3, 0.4) is 0 Å². The quantitative estimate of drug-likeness (QED) is 0.0247. The number of carbonyl (C=O) groups is 3. The summed E-state index contributed by atoms with van der Waals surface area (Å²) in [5.41, 5.74) is 1.57. The molecule has 0 fully saturated rings. The Morgan fingerprint density at radius 2 is 1.12 bits per heavy atom. The summed E-state index contributed by atoms with van der Waals surface area (Å²) in [6, 6.07) is 19.6. The smallest absolute Gasteiger partial charge is 0.344 e. The topological polar surface area (TPSA) is 278 Å². The number of amides is 2. The molecule has 4 aromatic carbocycles. The zero-order valence-corrected chi connectivity index (χ0v) is 39.6. The van der Waals surface area contributed by atoms with Gasteiger partial charge in [-0.3, -0.25) is 19.0 Å². The van der Waals surface area contributed by atoms with Crippen LogP contribution in [0, 0.1) is 27.7 Å². The lowest BCUT2D eigenvalue weighted by molar-refractivity contribution is -0.132. The first kappa shape index (κ1) is 50.6. The van der Waals surface area contributed by atoms with Crippen molar-refractivity contribution >= 4 is 136 Å². The number of nitrogens with one attached hydrogen (secondary N) is 4. The van der Waals surface area contributed by atoms with Crippen molar-refractivity contribution in [3.63, 3.8) is 0 Å². The van der Waals surface area contributed by atoms with E-state index in [4.69, 9.17) is 55.9 Å². The molecule has 344 valence electrons. The maximum Gasteiger partial charge on any atom is 0.344 e. The Bertz CT molecular complexity index is 3030. The van der Waals surface area contributed by atoms with Crippen LogP contribution in [0.4, 0.5) is 40.1 Å². The minimum Gasteiger partial charge on any atom is -0.421 e. The fraction of sp³-hybridized carbons (Fsp3) is 0.175. The number of rotatable bonds is 15. The van der Waals surface area contributed by atoms with Gasteiger partial charge in [-0.25, -0.2) is 41.6 Å². The van der Waals surface area contributed by atoms with Gasteiger partial charge in [-0.2, -0.15) is 10.2 Å². The number of hydrogen-bond acceptors (Lipinski definition) is 16. The Kier molecular flexibility index (Phi) is 17.0. The van der Waals surface area contributed by atoms with Gasteiger partial charge in [0.2, 0.25) is 11.2 Å². The Morgan fingerprint density at radius 1 is 0.652 bits per heavy atom. The Hall–Kier alpha value is -6.43. The molecule has 2 amide bonds. The van der Waals surface area contributed by atoms with Crippen molar-refractivity contribution in [1.82, 2.24) is 25.3 Å². The van der Waals surface area contributed by atoms with Gasteiger partial charge in [0, 0.05) is 41.3 Å². The van der Waals surface area contributed by atoms with Crippen molar-refractivity contribution in [2.75, 3.05) is 21.8 Å². The standard InChI is InChI=1S/C38H31Cl4N11O7S2.C2H5NO/c1-19-16-31(45-21(3)43-19)52-61(56,57)25-12-8-23(9-13-25)48-50-29-18-30(34(60-38(55)36(41)42)27-6-5-7-28(33(27)29)47-37(54)35(39)40)51-49-24-10-14-26(15-11-24)62(58,59)53-32-17-20(2)44-22(4)46-32;1-3-2-4/h5-18,35-36H,1-4H3,(H,47,54)(H,43,45,52)(H,44,46,53);2H,1H3,(H,3,4). The van der Waals surface area contributed by atoms with Crippen LogP contribution in [-0.4, -0.2) is 71.8 Å². The van der Waals surface area contributed by atoms with Gasteiger partial charge in [0.15, 0.2) is 10.6 Å². The summed E-state index contributed by atoms with van der Waals surface area (Å²) in [7, 11) is -6.56. The summed E-state index contributed by atoms with van der Waals surface area (Å²) in [6.07, 6.45) is 0.625. The molecule has 0 bridgehead atoms. The largest absolute Gasteiger partial charge is 0.421 e. The predicted octanol–water partition coefficient (Wildman–Crippen LogP) is 8.90. The lowest BCUT2D eigenvalue weighted by Gasteiger charge is -2.16. The van der Waals surface area contributed by atoms with Gasteiger partial charge >= 0.3 is 5.97 Å². The number of hydrogen-bond donors (Lipinski definition) is 4. The maximum atomic E-state index is 13.2. The third kappa shape index (κ3) is 13.6. The molecule has 0 saturated heterocycles. The molecule has 0 saturated carbocycles.